The molecule has 0 aromatic rings. The van der Waals surface area contributed by atoms with Gasteiger partial charge in [-0.05, 0) is 12.8 Å². The molecule has 0 aromatic carbocycles. The van der Waals surface area contributed by atoms with Gasteiger partial charge in [0, 0.05) is 45.2 Å². The molecule has 1 atom stereocenters. The second-order valence-electron chi connectivity index (χ2n) is 6.47. The highest BCUT2D eigenvalue weighted by Crippen LogP contribution is 2.64. The molecule has 0 N–H and O–H groups in total. The molecule has 1 spiro atoms. The lowest BCUT2D eigenvalue weighted by Gasteiger charge is -2.33. The Morgan fingerprint density at radius 3 is 2.62 bits per heavy atom. The maximum Gasteiger partial charge on any atom is 0.256 e. The SMILES string of the molecule is C#CCCC1(CCC(=O)N2CCCC3(C2)CC3(F)F)N=N1. The molecule has 3 rings (SSSR count). The quantitative estimate of drug-likeness (QED) is 0.719. The van der Waals surface area contributed by atoms with Crippen LogP contribution in [0.4, 0.5) is 8.78 Å². The Kier molecular flexibility index (Phi) is 3.27. The van der Waals surface area contributed by atoms with Crippen molar-refractivity contribution in [1.29, 1.82) is 0 Å². The highest BCUT2D eigenvalue weighted by atomic mass is 19.3. The van der Waals surface area contributed by atoms with E-state index in [2.05, 4.69) is 16.1 Å². The van der Waals surface area contributed by atoms with Gasteiger partial charge in [0.15, 0.2) is 5.66 Å². The molecular weight excluding hydrogens is 276 g/mol. The van der Waals surface area contributed by atoms with Crippen molar-refractivity contribution in [3.63, 3.8) is 0 Å². The summed E-state index contributed by atoms with van der Waals surface area (Å²) in [6, 6.07) is 0. The maximum absolute atomic E-state index is 13.4. The summed E-state index contributed by atoms with van der Waals surface area (Å²) < 4.78 is 26.9. The van der Waals surface area contributed by atoms with Crippen molar-refractivity contribution in [1.82, 2.24) is 4.90 Å². The standard InChI is InChI=1S/C15H19F2N3O/c1-2-3-7-14(18-19-14)8-5-12(21)20-9-4-6-13(11-20)10-15(13,16)17/h1H,3-11H2. The van der Waals surface area contributed by atoms with E-state index in [4.69, 9.17) is 6.42 Å². The first-order valence-corrected chi connectivity index (χ1v) is 7.45. The van der Waals surface area contributed by atoms with Gasteiger partial charge in [-0.1, -0.05) is 0 Å². The minimum atomic E-state index is -2.58. The average molecular weight is 295 g/mol. The lowest BCUT2D eigenvalue weighted by molar-refractivity contribution is -0.134. The molecule has 2 fully saturated rings. The van der Waals surface area contributed by atoms with Crippen LogP contribution in [-0.4, -0.2) is 35.5 Å². The lowest BCUT2D eigenvalue weighted by Crippen LogP contribution is -2.43. The summed E-state index contributed by atoms with van der Waals surface area (Å²) in [6.45, 7) is 0.785. The van der Waals surface area contributed by atoms with Crippen LogP contribution < -0.4 is 0 Å². The number of hydrogen-bond donors (Lipinski definition) is 0. The van der Waals surface area contributed by atoms with Gasteiger partial charge in [-0.15, -0.1) is 12.3 Å². The minimum absolute atomic E-state index is 0.0610. The summed E-state index contributed by atoms with van der Waals surface area (Å²) in [4.78, 5) is 13.8. The van der Waals surface area contributed by atoms with E-state index in [0.29, 0.717) is 45.1 Å². The molecular formula is C15H19F2N3O. The van der Waals surface area contributed by atoms with Crippen LogP contribution in [-0.2, 0) is 4.79 Å². The Morgan fingerprint density at radius 1 is 1.33 bits per heavy atom. The van der Waals surface area contributed by atoms with E-state index < -0.39 is 17.0 Å². The second-order valence-corrected chi connectivity index (χ2v) is 6.47. The lowest BCUT2D eigenvalue weighted by atomic mass is 9.93. The molecule has 0 bridgehead atoms. The molecule has 3 aliphatic rings. The van der Waals surface area contributed by atoms with Crippen molar-refractivity contribution < 1.29 is 13.6 Å². The summed E-state index contributed by atoms with van der Waals surface area (Å²) in [5.41, 5.74) is -1.41. The number of carbonyl (C=O) groups is 1. The van der Waals surface area contributed by atoms with Crippen molar-refractivity contribution in [3.05, 3.63) is 0 Å². The Balaban J connectivity index is 1.49. The van der Waals surface area contributed by atoms with Crippen LogP contribution in [0.1, 0.15) is 44.9 Å². The predicted molar refractivity (Wildman–Crippen MR) is 72.7 cm³/mol. The van der Waals surface area contributed by atoms with Gasteiger partial charge in [0.25, 0.3) is 5.92 Å². The maximum atomic E-state index is 13.4. The van der Waals surface area contributed by atoms with Crippen molar-refractivity contribution in [3.8, 4) is 12.3 Å². The third kappa shape index (κ3) is 2.66. The molecule has 1 unspecified atom stereocenters. The molecule has 1 aliphatic carbocycles. The number of halogens is 2. The third-order valence-corrected chi connectivity index (χ3v) is 4.93. The van der Waals surface area contributed by atoms with E-state index in [9.17, 15) is 13.6 Å². The van der Waals surface area contributed by atoms with Gasteiger partial charge < -0.3 is 4.90 Å². The average Bonchev–Trinajstić information content (AvgIpc) is 3.33. The number of nitrogens with zero attached hydrogens (tertiary/aromatic N) is 3. The van der Waals surface area contributed by atoms with E-state index in [1.165, 1.54) is 0 Å². The zero-order chi connectivity index (χ0) is 15.1. The van der Waals surface area contributed by atoms with Gasteiger partial charge in [0.1, 0.15) is 0 Å². The van der Waals surface area contributed by atoms with Crippen LogP contribution in [0.15, 0.2) is 10.2 Å². The summed E-state index contributed by atoms with van der Waals surface area (Å²) in [6.07, 6.45) is 8.43. The molecule has 2 aliphatic heterocycles. The van der Waals surface area contributed by atoms with Crippen LogP contribution in [0.25, 0.3) is 0 Å². The van der Waals surface area contributed by atoms with Crippen molar-refractivity contribution in [2.24, 2.45) is 15.6 Å². The monoisotopic (exact) mass is 295 g/mol. The number of terminal acetylenes is 1. The number of piperidine rings is 1. The van der Waals surface area contributed by atoms with Crippen LogP contribution in [0.5, 0.6) is 0 Å². The van der Waals surface area contributed by atoms with Gasteiger partial charge in [-0.2, -0.15) is 10.2 Å². The van der Waals surface area contributed by atoms with Crippen LogP contribution >= 0.6 is 0 Å². The van der Waals surface area contributed by atoms with Gasteiger partial charge in [-0.3, -0.25) is 4.79 Å². The number of carbonyl (C=O) groups excluding carboxylic acids is 1. The highest BCUT2D eigenvalue weighted by Gasteiger charge is 2.71. The number of rotatable bonds is 5. The van der Waals surface area contributed by atoms with Crippen LogP contribution in [0, 0.1) is 17.8 Å². The van der Waals surface area contributed by atoms with E-state index in [0.717, 1.165) is 0 Å². The van der Waals surface area contributed by atoms with E-state index >= 15 is 0 Å². The largest absolute Gasteiger partial charge is 0.342 e. The van der Waals surface area contributed by atoms with Crippen molar-refractivity contribution in [2.75, 3.05) is 13.1 Å². The molecule has 0 radical (unpaired) electrons. The zero-order valence-corrected chi connectivity index (χ0v) is 11.9. The van der Waals surface area contributed by atoms with Gasteiger partial charge in [0.2, 0.25) is 5.91 Å². The topological polar surface area (TPSA) is 45.0 Å². The number of alkyl halides is 2. The van der Waals surface area contributed by atoms with E-state index in [1.54, 1.807) is 4.90 Å². The van der Waals surface area contributed by atoms with E-state index in [1.807, 2.05) is 0 Å². The number of amides is 1. The number of likely N-dealkylation sites (tertiary alicyclic amines) is 1. The molecule has 21 heavy (non-hydrogen) atoms. The van der Waals surface area contributed by atoms with Crippen molar-refractivity contribution in [2.45, 2.75) is 56.5 Å². The Morgan fingerprint density at radius 2 is 2.05 bits per heavy atom. The number of hydrogen-bond acceptors (Lipinski definition) is 3. The molecule has 4 nitrogen and oxygen atoms in total. The Hall–Kier alpha value is -1.51. The predicted octanol–water partition coefficient (Wildman–Crippen LogP) is 2.99. The third-order valence-electron chi connectivity index (χ3n) is 4.93. The summed E-state index contributed by atoms with van der Waals surface area (Å²) in [5, 5.41) is 7.98. The van der Waals surface area contributed by atoms with Gasteiger partial charge in [-0.25, -0.2) is 8.78 Å². The van der Waals surface area contributed by atoms with E-state index in [-0.39, 0.29) is 18.9 Å². The van der Waals surface area contributed by atoms with Crippen LogP contribution in [0.3, 0.4) is 0 Å². The smallest absolute Gasteiger partial charge is 0.256 e. The van der Waals surface area contributed by atoms with Crippen LogP contribution in [0.2, 0.25) is 0 Å². The molecule has 0 aromatic heterocycles. The first-order chi connectivity index (χ1) is 9.92. The molecule has 2 heterocycles. The minimum Gasteiger partial charge on any atom is -0.342 e. The Bertz CT molecular complexity index is 520. The Labute approximate surface area is 123 Å². The molecule has 6 heteroatoms. The fraction of sp³-hybridized carbons (Fsp3) is 0.800. The highest BCUT2D eigenvalue weighted by molar-refractivity contribution is 5.76. The fourth-order valence-electron chi connectivity index (χ4n) is 3.30. The summed E-state index contributed by atoms with van der Waals surface area (Å²) in [5.74, 6) is -0.0990. The van der Waals surface area contributed by atoms with Gasteiger partial charge in [0.05, 0.1) is 5.41 Å². The molecule has 1 saturated carbocycles. The fourth-order valence-corrected chi connectivity index (χ4v) is 3.30. The molecule has 114 valence electrons. The van der Waals surface area contributed by atoms with Gasteiger partial charge >= 0.3 is 0 Å². The van der Waals surface area contributed by atoms with Crippen molar-refractivity contribution >= 4 is 5.91 Å². The first kappa shape index (κ1) is 14.4. The first-order valence-electron chi connectivity index (χ1n) is 7.45. The molecule has 1 saturated heterocycles. The summed E-state index contributed by atoms with van der Waals surface area (Å²) in [7, 11) is 0. The summed E-state index contributed by atoms with van der Waals surface area (Å²) >= 11 is 0. The zero-order valence-electron chi connectivity index (χ0n) is 11.9. The molecule has 1 amide bonds. The normalized spacial score (nSPS) is 31.0. The second kappa shape index (κ2) is 4.75.